The highest BCUT2D eigenvalue weighted by atomic mass is 19.2. The highest BCUT2D eigenvalue weighted by Crippen LogP contribution is 2.34. The van der Waals surface area contributed by atoms with E-state index >= 15 is 0 Å². The minimum atomic E-state index is -0.971. The first-order valence-electron chi connectivity index (χ1n) is 12.6. The van der Waals surface area contributed by atoms with Gasteiger partial charge in [-0.2, -0.15) is 0 Å². The summed E-state index contributed by atoms with van der Waals surface area (Å²) in [5, 5.41) is 19.0. The number of halogens is 3. The smallest absolute Gasteiger partial charge is 0.161 e. The summed E-state index contributed by atoms with van der Waals surface area (Å²) >= 11 is 0. The van der Waals surface area contributed by atoms with Gasteiger partial charge in [-0.25, -0.2) is 13.2 Å². The van der Waals surface area contributed by atoms with Gasteiger partial charge in [0.05, 0.1) is 20.3 Å². The summed E-state index contributed by atoms with van der Waals surface area (Å²) in [5.41, 5.74) is 3.87. The first kappa shape index (κ1) is 27.7. The molecule has 1 saturated heterocycles. The lowest BCUT2D eigenvalue weighted by atomic mass is 9.88. The zero-order chi connectivity index (χ0) is 27.1. The Hall–Kier alpha value is -3.33. The normalized spacial score (nSPS) is 14.8. The van der Waals surface area contributed by atoms with Crippen molar-refractivity contribution in [2.24, 2.45) is 0 Å². The van der Waals surface area contributed by atoms with E-state index in [9.17, 15) is 18.3 Å². The van der Waals surface area contributed by atoms with Crippen LogP contribution in [0.1, 0.15) is 42.1 Å². The van der Waals surface area contributed by atoms with Crippen LogP contribution in [0.15, 0.2) is 66.2 Å². The largest absolute Gasteiger partial charge is 0.493 e. The highest BCUT2D eigenvalue weighted by Gasteiger charge is 2.20. The van der Waals surface area contributed by atoms with Crippen LogP contribution in [0, 0.1) is 17.5 Å². The molecule has 8 heteroatoms. The van der Waals surface area contributed by atoms with E-state index in [-0.39, 0.29) is 12.4 Å². The van der Waals surface area contributed by atoms with E-state index in [1.807, 2.05) is 0 Å². The van der Waals surface area contributed by atoms with Crippen LogP contribution >= 0.6 is 0 Å². The minimum absolute atomic E-state index is 0.350. The summed E-state index contributed by atoms with van der Waals surface area (Å²) in [7, 11) is 1.52. The maximum absolute atomic E-state index is 14.1. The van der Waals surface area contributed by atoms with Crippen LogP contribution in [0.5, 0.6) is 11.5 Å². The van der Waals surface area contributed by atoms with Crippen LogP contribution in [0.25, 0.3) is 5.57 Å². The lowest BCUT2D eigenvalue weighted by Gasteiger charge is -2.30. The third-order valence-electron chi connectivity index (χ3n) is 6.78. The number of hydrogen-bond acceptors (Lipinski definition) is 5. The lowest BCUT2D eigenvalue weighted by Crippen LogP contribution is -2.32. The number of rotatable bonds is 10. The molecule has 1 atom stereocenters. The molecule has 0 aliphatic carbocycles. The van der Waals surface area contributed by atoms with Crippen molar-refractivity contribution in [3.63, 3.8) is 0 Å². The Kier molecular flexibility index (Phi) is 9.44. The summed E-state index contributed by atoms with van der Waals surface area (Å²) in [6, 6.07) is 15.1. The second kappa shape index (κ2) is 13.0. The van der Waals surface area contributed by atoms with Crippen LogP contribution < -0.4 is 9.47 Å². The van der Waals surface area contributed by atoms with Crippen molar-refractivity contribution in [3.8, 4) is 11.5 Å². The first-order chi connectivity index (χ1) is 18.4. The number of hydrogen-bond donors (Lipinski definition) is 2. The Morgan fingerprint density at radius 3 is 2.26 bits per heavy atom. The third kappa shape index (κ3) is 6.75. The van der Waals surface area contributed by atoms with Gasteiger partial charge in [-0.3, -0.25) is 0 Å². The molecule has 202 valence electrons. The number of aliphatic hydroxyl groups is 2. The summed E-state index contributed by atoms with van der Waals surface area (Å²) in [5.74, 6) is -1.09. The molecule has 0 amide bonds. The fraction of sp³-hybridized carbons (Fsp3) is 0.333. The predicted octanol–water partition coefficient (Wildman–Crippen LogP) is 5.51. The fourth-order valence-electron chi connectivity index (χ4n) is 4.73. The number of piperidine rings is 1. The van der Waals surface area contributed by atoms with Gasteiger partial charge in [-0.05, 0) is 77.9 Å². The molecular weight excluding hydrogens is 495 g/mol. The van der Waals surface area contributed by atoms with Gasteiger partial charge in [-0.1, -0.05) is 29.8 Å². The van der Waals surface area contributed by atoms with E-state index in [0.717, 1.165) is 61.7 Å². The molecule has 38 heavy (non-hydrogen) atoms. The molecule has 2 N–H and O–H groups in total. The molecule has 1 fully saturated rings. The predicted molar refractivity (Wildman–Crippen MR) is 140 cm³/mol. The topological polar surface area (TPSA) is 62.2 Å². The molecule has 5 nitrogen and oxygen atoms in total. The van der Waals surface area contributed by atoms with E-state index < -0.39 is 17.7 Å². The quantitative estimate of drug-likeness (QED) is 0.341. The molecule has 0 aromatic heterocycles. The maximum Gasteiger partial charge on any atom is 0.161 e. The van der Waals surface area contributed by atoms with Gasteiger partial charge in [0, 0.05) is 19.6 Å². The molecule has 4 rings (SSSR count). The van der Waals surface area contributed by atoms with Crippen LogP contribution in [-0.4, -0.2) is 55.1 Å². The molecule has 0 spiro atoms. The van der Waals surface area contributed by atoms with Crippen molar-refractivity contribution >= 4 is 5.57 Å². The lowest BCUT2D eigenvalue weighted by molar-refractivity contribution is 0.0953. The molecule has 3 aromatic rings. The molecule has 1 heterocycles. The molecule has 3 aromatic carbocycles. The summed E-state index contributed by atoms with van der Waals surface area (Å²) in [6.45, 7) is 2.55. The van der Waals surface area contributed by atoms with Crippen LogP contribution in [-0.2, 0) is 0 Å². The van der Waals surface area contributed by atoms with Crippen LogP contribution in [0.3, 0.4) is 0 Å². The highest BCUT2D eigenvalue weighted by molar-refractivity contribution is 5.82. The molecule has 0 saturated carbocycles. The van der Waals surface area contributed by atoms with Crippen LogP contribution in [0.2, 0.25) is 0 Å². The average molecular weight is 528 g/mol. The molecule has 1 unspecified atom stereocenters. The van der Waals surface area contributed by atoms with Gasteiger partial charge in [0.2, 0.25) is 0 Å². The minimum Gasteiger partial charge on any atom is -0.493 e. The summed E-state index contributed by atoms with van der Waals surface area (Å²) in [4.78, 5) is 2.33. The number of nitrogens with zero attached hydrogens (tertiary/aromatic N) is 1. The fourth-order valence-corrected chi connectivity index (χ4v) is 4.73. The Bertz CT molecular complexity index is 1250. The molecular formula is C30H32F3NO4. The van der Waals surface area contributed by atoms with Gasteiger partial charge < -0.3 is 24.6 Å². The monoisotopic (exact) mass is 527 g/mol. The molecule has 1 aliphatic heterocycles. The Morgan fingerprint density at radius 1 is 0.895 bits per heavy atom. The van der Waals surface area contributed by atoms with Gasteiger partial charge >= 0.3 is 0 Å². The van der Waals surface area contributed by atoms with Gasteiger partial charge in [0.25, 0.3) is 0 Å². The first-order valence-corrected chi connectivity index (χ1v) is 12.6. The number of likely N-dealkylation sites (tertiary alicyclic amines) is 1. The molecule has 0 radical (unpaired) electrons. The summed E-state index contributed by atoms with van der Waals surface area (Å²) in [6.07, 6.45) is 1.34. The average Bonchev–Trinajstić information content (AvgIpc) is 2.94. The van der Waals surface area contributed by atoms with E-state index in [0.29, 0.717) is 29.2 Å². The van der Waals surface area contributed by atoms with E-state index in [1.54, 1.807) is 36.4 Å². The second-order valence-electron chi connectivity index (χ2n) is 9.27. The Morgan fingerprint density at radius 2 is 1.61 bits per heavy atom. The number of methoxy groups -OCH3 is 1. The number of ether oxygens (including phenoxy) is 2. The molecule has 0 bridgehead atoms. The summed E-state index contributed by atoms with van der Waals surface area (Å²) < 4.78 is 52.5. The van der Waals surface area contributed by atoms with E-state index in [4.69, 9.17) is 14.6 Å². The second-order valence-corrected chi connectivity index (χ2v) is 9.27. The standard InChI is InChI=1S/C30H32F3NO4/c1-37-29-18-22(27(36)19-35)6-10-28(29)38-16-2-13-34-14-11-21(12-15-34)30(20-3-7-24(31)8-4-20)23-5-9-25(32)26(33)17-23/h3-10,17-18,27,35-36H,2,11-16,19H2,1H3. The van der Waals surface area contributed by atoms with Crippen molar-refractivity contribution in [1.29, 1.82) is 0 Å². The zero-order valence-electron chi connectivity index (χ0n) is 21.3. The van der Waals surface area contributed by atoms with Crippen molar-refractivity contribution in [3.05, 3.63) is 100 Å². The van der Waals surface area contributed by atoms with Gasteiger partial charge in [0.1, 0.15) is 11.9 Å². The third-order valence-corrected chi connectivity index (χ3v) is 6.78. The van der Waals surface area contributed by atoms with E-state index in [2.05, 4.69) is 4.90 Å². The maximum atomic E-state index is 14.1. The van der Waals surface area contributed by atoms with E-state index in [1.165, 1.54) is 25.3 Å². The van der Waals surface area contributed by atoms with Crippen LogP contribution in [0.4, 0.5) is 13.2 Å². The van der Waals surface area contributed by atoms with Crippen molar-refractivity contribution in [2.45, 2.75) is 25.4 Å². The number of benzene rings is 3. The zero-order valence-corrected chi connectivity index (χ0v) is 21.3. The van der Waals surface area contributed by atoms with Gasteiger partial charge in [-0.15, -0.1) is 0 Å². The van der Waals surface area contributed by atoms with Gasteiger partial charge in [0.15, 0.2) is 23.1 Å². The van der Waals surface area contributed by atoms with Crippen molar-refractivity contribution in [2.75, 3.05) is 40.0 Å². The molecule has 1 aliphatic rings. The van der Waals surface area contributed by atoms with Crippen molar-refractivity contribution < 1.29 is 32.9 Å². The Balaban J connectivity index is 1.37. The van der Waals surface area contributed by atoms with Crippen molar-refractivity contribution in [1.82, 2.24) is 4.90 Å². The SMILES string of the molecule is COc1cc(C(O)CO)ccc1OCCCN1CCC(=C(c2ccc(F)cc2)c2ccc(F)c(F)c2)CC1. The Labute approximate surface area is 220 Å². The number of aliphatic hydroxyl groups excluding tert-OH is 2.